The number of unbranched alkanes of at least 4 members (excludes halogenated alkanes) is 2. The van der Waals surface area contributed by atoms with Gasteiger partial charge in [-0.2, -0.15) is 0 Å². The van der Waals surface area contributed by atoms with E-state index in [2.05, 4.69) is 28.2 Å². The van der Waals surface area contributed by atoms with Crippen LogP contribution in [0.3, 0.4) is 0 Å². The van der Waals surface area contributed by atoms with Gasteiger partial charge in [0, 0.05) is 16.6 Å². The fraction of sp³-hybridized carbons (Fsp3) is 0.462. The van der Waals surface area contributed by atoms with Crippen molar-refractivity contribution in [2.45, 2.75) is 39.5 Å². The quantitative estimate of drug-likeness (QED) is 0.803. The molecule has 1 aromatic rings. The molecule has 0 aliphatic carbocycles. The molecule has 0 aromatic heterocycles. The molecule has 0 aliphatic rings. The van der Waals surface area contributed by atoms with Crippen molar-refractivity contribution in [3.05, 3.63) is 28.2 Å². The lowest BCUT2D eigenvalue weighted by Gasteiger charge is -2.08. The molecular formula is C13H18BrNO. The Kier molecular flexibility index (Phi) is 5.53. The highest BCUT2D eigenvalue weighted by molar-refractivity contribution is 9.10. The van der Waals surface area contributed by atoms with E-state index in [4.69, 9.17) is 0 Å². The fourth-order valence-electron chi connectivity index (χ4n) is 1.52. The van der Waals surface area contributed by atoms with Gasteiger partial charge in [0.15, 0.2) is 0 Å². The number of nitrogens with one attached hydrogen (secondary N) is 1. The summed E-state index contributed by atoms with van der Waals surface area (Å²) in [6.07, 6.45) is 3.85. The van der Waals surface area contributed by atoms with E-state index < -0.39 is 0 Å². The first kappa shape index (κ1) is 13.2. The number of carbonyl (C=O) groups is 1. The maximum Gasteiger partial charge on any atom is 0.224 e. The molecule has 0 radical (unpaired) electrons. The Balaban J connectivity index is 2.49. The highest BCUT2D eigenvalue weighted by Crippen LogP contribution is 2.20. The van der Waals surface area contributed by atoms with Crippen molar-refractivity contribution in [3.8, 4) is 0 Å². The lowest BCUT2D eigenvalue weighted by Crippen LogP contribution is -2.11. The molecule has 1 amide bonds. The van der Waals surface area contributed by atoms with Crippen molar-refractivity contribution >= 4 is 27.5 Å². The van der Waals surface area contributed by atoms with Crippen LogP contribution in [0, 0.1) is 6.92 Å². The Morgan fingerprint density at radius 1 is 1.38 bits per heavy atom. The van der Waals surface area contributed by atoms with Crippen LogP contribution < -0.4 is 5.32 Å². The van der Waals surface area contributed by atoms with E-state index in [0.29, 0.717) is 6.42 Å². The molecule has 3 heteroatoms. The Morgan fingerprint density at radius 3 is 2.75 bits per heavy atom. The average Bonchev–Trinajstić information content (AvgIpc) is 2.23. The van der Waals surface area contributed by atoms with Crippen LogP contribution in [0.5, 0.6) is 0 Å². The summed E-state index contributed by atoms with van der Waals surface area (Å²) >= 11 is 3.40. The SMILES string of the molecule is CCCCCC(=O)Nc1ccc(Br)cc1C. The Hall–Kier alpha value is -0.830. The molecule has 0 aliphatic heterocycles. The molecule has 0 fully saturated rings. The number of rotatable bonds is 5. The second-order valence-electron chi connectivity index (χ2n) is 3.96. The summed E-state index contributed by atoms with van der Waals surface area (Å²) in [7, 11) is 0. The topological polar surface area (TPSA) is 29.1 Å². The Morgan fingerprint density at radius 2 is 2.12 bits per heavy atom. The molecule has 0 saturated heterocycles. The highest BCUT2D eigenvalue weighted by Gasteiger charge is 2.04. The number of carbonyl (C=O) groups excluding carboxylic acids is 1. The van der Waals surface area contributed by atoms with E-state index in [1.807, 2.05) is 25.1 Å². The van der Waals surface area contributed by atoms with Gasteiger partial charge in [-0.3, -0.25) is 4.79 Å². The third-order valence-electron chi connectivity index (χ3n) is 2.47. The van der Waals surface area contributed by atoms with Gasteiger partial charge in [0.1, 0.15) is 0 Å². The predicted octanol–water partition coefficient (Wildman–Crippen LogP) is 4.28. The summed E-state index contributed by atoms with van der Waals surface area (Å²) < 4.78 is 1.04. The van der Waals surface area contributed by atoms with Crippen molar-refractivity contribution in [3.63, 3.8) is 0 Å². The average molecular weight is 284 g/mol. The third-order valence-corrected chi connectivity index (χ3v) is 2.96. The number of hydrogen-bond donors (Lipinski definition) is 1. The lowest BCUT2D eigenvalue weighted by molar-refractivity contribution is -0.116. The zero-order valence-corrected chi connectivity index (χ0v) is 11.4. The molecule has 0 heterocycles. The van der Waals surface area contributed by atoms with E-state index in [1.165, 1.54) is 0 Å². The van der Waals surface area contributed by atoms with Gasteiger partial charge < -0.3 is 5.32 Å². The number of hydrogen-bond acceptors (Lipinski definition) is 1. The number of amides is 1. The van der Waals surface area contributed by atoms with E-state index in [-0.39, 0.29) is 5.91 Å². The smallest absolute Gasteiger partial charge is 0.224 e. The second kappa shape index (κ2) is 6.69. The summed E-state index contributed by atoms with van der Waals surface area (Å²) in [4.78, 5) is 11.6. The molecule has 2 nitrogen and oxygen atoms in total. The van der Waals surface area contributed by atoms with Gasteiger partial charge in [-0.25, -0.2) is 0 Å². The van der Waals surface area contributed by atoms with Gasteiger partial charge in [-0.15, -0.1) is 0 Å². The van der Waals surface area contributed by atoms with Gasteiger partial charge in [0.2, 0.25) is 5.91 Å². The maximum absolute atomic E-state index is 11.6. The second-order valence-corrected chi connectivity index (χ2v) is 4.88. The molecule has 0 bridgehead atoms. The van der Waals surface area contributed by atoms with Crippen molar-refractivity contribution in [1.82, 2.24) is 0 Å². The minimum absolute atomic E-state index is 0.110. The van der Waals surface area contributed by atoms with Gasteiger partial charge in [0.25, 0.3) is 0 Å². The molecule has 1 N–H and O–H groups in total. The molecule has 0 spiro atoms. The van der Waals surface area contributed by atoms with Crippen LogP contribution >= 0.6 is 15.9 Å². The summed E-state index contributed by atoms with van der Waals surface area (Å²) in [5.74, 6) is 0.110. The lowest BCUT2D eigenvalue weighted by atomic mass is 10.1. The highest BCUT2D eigenvalue weighted by atomic mass is 79.9. The van der Waals surface area contributed by atoms with E-state index in [9.17, 15) is 4.79 Å². The van der Waals surface area contributed by atoms with Crippen LogP contribution in [0.2, 0.25) is 0 Å². The largest absolute Gasteiger partial charge is 0.326 e. The first-order chi connectivity index (χ1) is 7.63. The van der Waals surface area contributed by atoms with Gasteiger partial charge in [0.05, 0.1) is 0 Å². The van der Waals surface area contributed by atoms with E-state index in [1.54, 1.807) is 0 Å². The molecule has 88 valence electrons. The number of aryl methyl sites for hydroxylation is 1. The fourth-order valence-corrected chi connectivity index (χ4v) is 1.99. The molecule has 0 saturated carbocycles. The van der Waals surface area contributed by atoms with Gasteiger partial charge in [-0.05, 0) is 37.1 Å². The van der Waals surface area contributed by atoms with Crippen molar-refractivity contribution in [1.29, 1.82) is 0 Å². The molecule has 1 rings (SSSR count). The van der Waals surface area contributed by atoms with Gasteiger partial charge >= 0.3 is 0 Å². The van der Waals surface area contributed by atoms with E-state index in [0.717, 1.165) is 35.0 Å². The Labute approximate surface area is 106 Å². The van der Waals surface area contributed by atoms with Crippen molar-refractivity contribution < 1.29 is 4.79 Å². The van der Waals surface area contributed by atoms with Crippen molar-refractivity contribution in [2.24, 2.45) is 0 Å². The van der Waals surface area contributed by atoms with Crippen LogP contribution in [0.1, 0.15) is 38.2 Å². The third kappa shape index (κ3) is 4.35. The number of halogens is 1. The maximum atomic E-state index is 11.6. The van der Waals surface area contributed by atoms with Gasteiger partial charge in [-0.1, -0.05) is 35.7 Å². The first-order valence-electron chi connectivity index (χ1n) is 5.69. The molecule has 0 atom stereocenters. The van der Waals surface area contributed by atoms with Crippen LogP contribution in [-0.4, -0.2) is 5.91 Å². The van der Waals surface area contributed by atoms with Crippen molar-refractivity contribution in [2.75, 3.05) is 5.32 Å². The summed E-state index contributed by atoms with van der Waals surface area (Å²) in [5, 5.41) is 2.94. The Bertz CT molecular complexity index is 363. The molecule has 1 aromatic carbocycles. The first-order valence-corrected chi connectivity index (χ1v) is 6.48. The van der Waals surface area contributed by atoms with Crippen LogP contribution in [0.25, 0.3) is 0 Å². The van der Waals surface area contributed by atoms with Crippen LogP contribution in [0.4, 0.5) is 5.69 Å². The minimum atomic E-state index is 0.110. The van der Waals surface area contributed by atoms with Crippen LogP contribution in [0.15, 0.2) is 22.7 Å². The molecule has 16 heavy (non-hydrogen) atoms. The van der Waals surface area contributed by atoms with E-state index >= 15 is 0 Å². The summed E-state index contributed by atoms with van der Waals surface area (Å²) in [6, 6.07) is 5.87. The monoisotopic (exact) mass is 283 g/mol. The molecule has 0 unspecified atom stereocenters. The summed E-state index contributed by atoms with van der Waals surface area (Å²) in [6.45, 7) is 4.13. The summed E-state index contributed by atoms with van der Waals surface area (Å²) in [5.41, 5.74) is 1.99. The normalized spacial score (nSPS) is 10.2. The zero-order chi connectivity index (χ0) is 12.0. The molecular weight excluding hydrogens is 266 g/mol. The number of benzene rings is 1. The predicted molar refractivity (Wildman–Crippen MR) is 71.7 cm³/mol. The number of anilines is 1. The zero-order valence-electron chi connectivity index (χ0n) is 9.85. The van der Waals surface area contributed by atoms with Crippen LogP contribution in [-0.2, 0) is 4.79 Å². The minimum Gasteiger partial charge on any atom is -0.326 e. The standard InChI is InChI=1S/C13H18BrNO/c1-3-4-5-6-13(16)15-12-8-7-11(14)9-10(12)2/h7-9H,3-6H2,1-2H3,(H,15,16).